The van der Waals surface area contributed by atoms with E-state index >= 15 is 0 Å². The molecular weight excluding hydrogens is 484 g/mol. The van der Waals surface area contributed by atoms with E-state index in [9.17, 15) is 13.2 Å². The molecular formula is C19H24F3IN4O. The van der Waals surface area contributed by atoms with Crippen molar-refractivity contribution in [1.29, 1.82) is 0 Å². The molecule has 9 heteroatoms. The highest BCUT2D eigenvalue weighted by atomic mass is 127. The van der Waals surface area contributed by atoms with Crippen molar-refractivity contribution >= 4 is 29.9 Å². The van der Waals surface area contributed by atoms with Crippen molar-refractivity contribution in [3.8, 4) is 5.88 Å². The fourth-order valence-electron chi connectivity index (χ4n) is 2.41. The Morgan fingerprint density at radius 1 is 1.14 bits per heavy atom. The van der Waals surface area contributed by atoms with Gasteiger partial charge in [0.2, 0.25) is 5.88 Å². The Bertz CT molecular complexity index is 752. The Morgan fingerprint density at radius 3 is 2.46 bits per heavy atom. The van der Waals surface area contributed by atoms with E-state index in [1.54, 1.807) is 13.2 Å². The maximum absolute atomic E-state index is 12.6. The third-order valence-corrected chi connectivity index (χ3v) is 3.79. The van der Waals surface area contributed by atoms with Crippen molar-refractivity contribution in [1.82, 2.24) is 15.6 Å². The van der Waals surface area contributed by atoms with Gasteiger partial charge < -0.3 is 15.4 Å². The molecule has 0 aliphatic carbocycles. The van der Waals surface area contributed by atoms with Gasteiger partial charge in [0.1, 0.15) is 0 Å². The first-order chi connectivity index (χ1) is 12.9. The second-order valence-corrected chi connectivity index (χ2v) is 5.70. The van der Waals surface area contributed by atoms with Crippen molar-refractivity contribution < 1.29 is 17.9 Å². The van der Waals surface area contributed by atoms with E-state index in [1.165, 1.54) is 12.1 Å². The highest BCUT2D eigenvalue weighted by Gasteiger charge is 2.29. The number of ether oxygens (including phenoxy) is 1. The predicted octanol–water partition coefficient (Wildman–Crippen LogP) is 4.02. The average molecular weight is 508 g/mol. The number of alkyl halides is 3. The Labute approximate surface area is 179 Å². The minimum Gasteiger partial charge on any atom is -0.478 e. The second kappa shape index (κ2) is 11.7. The fourth-order valence-corrected chi connectivity index (χ4v) is 2.41. The molecule has 0 unspecified atom stereocenters. The third kappa shape index (κ3) is 7.53. The van der Waals surface area contributed by atoms with Crippen LogP contribution in [0.5, 0.6) is 5.88 Å². The fraction of sp³-hybridized carbons (Fsp3) is 0.368. The summed E-state index contributed by atoms with van der Waals surface area (Å²) in [6, 6.07) is 8.93. The quantitative estimate of drug-likeness (QED) is 0.337. The van der Waals surface area contributed by atoms with Crippen LogP contribution >= 0.6 is 24.0 Å². The van der Waals surface area contributed by atoms with Crippen LogP contribution in [0.15, 0.2) is 47.6 Å². The highest BCUT2D eigenvalue weighted by molar-refractivity contribution is 14.0. The molecule has 0 saturated heterocycles. The first kappa shape index (κ1) is 24.0. The Balaban J connectivity index is 0.00000392. The number of hydrogen-bond donors (Lipinski definition) is 2. The first-order valence-electron chi connectivity index (χ1n) is 8.61. The van der Waals surface area contributed by atoms with Crippen LogP contribution in [0.2, 0.25) is 0 Å². The van der Waals surface area contributed by atoms with E-state index in [2.05, 4.69) is 20.6 Å². The summed E-state index contributed by atoms with van der Waals surface area (Å²) in [5, 5.41) is 6.31. The largest absolute Gasteiger partial charge is 0.478 e. The van der Waals surface area contributed by atoms with Crippen molar-refractivity contribution in [2.45, 2.75) is 26.1 Å². The zero-order valence-electron chi connectivity index (χ0n) is 15.7. The van der Waals surface area contributed by atoms with Gasteiger partial charge in [-0.05, 0) is 37.1 Å². The molecule has 0 aliphatic heterocycles. The van der Waals surface area contributed by atoms with Crippen LogP contribution in [0.25, 0.3) is 0 Å². The smallest absolute Gasteiger partial charge is 0.416 e. The lowest BCUT2D eigenvalue weighted by atomic mass is 10.1. The number of pyridine rings is 1. The van der Waals surface area contributed by atoms with Crippen LogP contribution in [0.3, 0.4) is 0 Å². The van der Waals surface area contributed by atoms with Crippen molar-refractivity contribution in [2.75, 3.05) is 20.2 Å². The number of benzene rings is 1. The summed E-state index contributed by atoms with van der Waals surface area (Å²) < 4.78 is 43.2. The predicted molar refractivity (Wildman–Crippen MR) is 114 cm³/mol. The van der Waals surface area contributed by atoms with Crippen LogP contribution in [0.1, 0.15) is 23.6 Å². The number of aliphatic imine (C=N–C) groups is 1. The highest BCUT2D eigenvalue weighted by Crippen LogP contribution is 2.29. The molecule has 0 aliphatic rings. The Hall–Kier alpha value is -2.04. The van der Waals surface area contributed by atoms with E-state index in [0.717, 1.165) is 23.3 Å². The molecule has 1 aromatic heterocycles. The average Bonchev–Trinajstić information content (AvgIpc) is 2.65. The lowest BCUT2D eigenvalue weighted by molar-refractivity contribution is -0.137. The number of aromatic nitrogens is 1. The van der Waals surface area contributed by atoms with Gasteiger partial charge in [0.25, 0.3) is 0 Å². The van der Waals surface area contributed by atoms with Crippen molar-refractivity contribution in [3.63, 3.8) is 0 Å². The van der Waals surface area contributed by atoms with Gasteiger partial charge in [0.05, 0.1) is 12.2 Å². The molecule has 0 bridgehead atoms. The maximum atomic E-state index is 12.6. The number of hydrogen-bond acceptors (Lipinski definition) is 3. The second-order valence-electron chi connectivity index (χ2n) is 5.70. The van der Waals surface area contributed by atoms with Gasteiger partial charge in [-0.15, -0.1) is 24.0 Å². The number of halogens is 4. The summed E-state index contributed by atoms with van der Waals surface area (Å²) in [5.74, 6) is 1.17. The van der Waals surface area contributed by atoms with E-state index in [0.29, 0.717) is 38.0 Å². The van der Waals surface area contributed by atoms with Crippen LogP contribution in [0.4, 0.5) is 13.2 Å². The molecule has 1 heterocycles. The number of nitrogens with zero attached hydrogens (tertiary/aromatic N) is 2. The normalized spacial score (nSPS) is 11.5. The van der Waals surface area contributed by atoms with Crippen LogP contribution in [-0.2, 0) is 19.1 Å². The molecule has 154 valence electrons. The number of nitrogens with one attached hydrogen (secondary N) is 2. The summed E-state index contributed by atoms with van der Waals surface area (Å²) in [7, 11) is 1.65. The van der Waals surface area contributed by atoms with E-state index < -0.39 is 11.7 Å². The minimum atomic E-state index is -4.31. The lowest BCUT2D eigenvalue weighted by Gasteiger charge is -2.14. The van der Waals surface area contributed by atoms with Gasteiger partial charge in [-0.2, -0.15) is 13.2 Å². The van der Waals surface area contributed by atoms with E-state index in [1.807, 2.05) is 19.1 Å². The van der Waals surface area contributed by atoms with Gasteiger partial charge in [-0.3, -0.25) is 4.99 Å². The summed E-state index contributed by atoms with van der Waals surface area (Å²) in [6.07, 6.45) is -2.06. The van der Waals surface area contributed by atoms with Crippen LogP contribution in [-0.4, -0.2) is 31.1 Å². The van der Waals surface area contributed by atoms with Crippen LogP contribution < -0.4 is 15.4 Å². The van der Waals surface area contributed by atoms with Gasteiger partial charge in [0, 0.05) is 31.9 Å². The first-order valence-corrected chi connectivity index (χ1v) is 8.61. The molecule has 0 atom stereocenters. The molecule has 5 nitrogen and oxygen atoms in total. The molecule has 0 amide bonds. The molecule has 1 aromatic carbocycles. The van der Waals surface area contributed by atoms with Gasteiger partial charge in [0.15, 0.2) is 5.96 Å². The third-order valence-electron chi connectivity index (χ3n) is 3.79. The molecule has 0 saturated carbocycles. The van der Waals surface area contributed by atoms with Gasteiger partial charge in [-0.1, -0.05) is 18.2 Å². The van der Waals surface area contributed by atoms with E-state index in [-0.39, 0.29) is 24.0 Å². The van der Waals surface area contributed by atoms with Crippen LogP contribution in [0, 0.1) is 0 Å². The molecule has 0 fully saturated rings. The monoisotopic (exact) mass is 508 g/mol. The summed E-state index contributed by atoms with van der Waals surface area (Å²) in [5.41, 5.74) is 1.08. The summed E-state index contributed by atoms with van der Waals surface area (Å²) in [4.78, 5) is 8.34. The van der Waals surface area contributed by atoms with Gasteiger partial charge >= 0.3 is 6.18 Å². The molecule has 0 radical (unpaired) electrons. The van der Waals surface area contributed by atoms with E-state index in [4.69, 9.17) is 4.74 Å². The van der Waals surface area contributed by atoms with Crippen molar-refractivity contribution in [3.05, 3.63) is 59.3 Å². The zero-order valence-corrected chi connectivity index (χ0v) is 18.0. The number of rotatable bonds is 7. The summed E-state index contributed by atoms with van der Waals surface area (Å²) >= 11 is 0. The minimum absolute atomic E-state index is 0. The van der Waals surface area contributed by atoms with Crippen molar-refractivity contribution in [2.24, 2.45) is 4.99 Å². The number of guanidine groups is 1. The Kier molecular flexibility index (Phi) is 10.0. The topological polar surface area (TPSA) is 58.5 Å². The molecule has 2 N–H and O–H groups in total. The zero-order chi connectivity index (χ0) is 19.7. The Morgan fingerprint density at radius 2 is 1.86 bits per heavy atom. The lowest BCUT2D eigenvalue weighted by Crippen LogP contribution is -2.38. The standard InChI is InChI=1S/C19H23F3N4O.HI/c1-3-27-17-15(5-4-11-24-17)13-26-18(23-2)25-12-10-14-6-8-16(9-7-14)19(20,21)22;/h4-9,11H,3,10,12-13H2,1-2H3,(H2,23,25,26);1H. The SMILES string of the molecule is CCOc1ncccc1CNC(=NC)NCCc1ccc(C(F)(F)F)cc1.I. The molecule has 2 aromatic rings. The summed E-state index contributed by atoms with van der Waals surface area (Å²) in [6.45, 7) is 3.46. The molecule has 0 spiro atoms. The maximum Gasteiger partial charge on any atom is 0.416 e. The van der Waals surface area contributed by atoms with Gasteiger partial charge in [-0.25, -0.2) is 4.98 Å². The molecule has 28 heavy (non-hydrogen) atoms. The molecule has 2 rings (SSSR count).